The van der Waals surface area contributed by atoms with Crippen molar-refractivity contribution in [3.05, 3.63) is 53.6 Å². The Labute approximate surface area is 115 Å². The predicted molar refractivity (Wildman–Crippen MR) is 70.0 cm³/mol. The van der Waals surface area contributed by atoms with Crippen molar-refractivity contribution in [1.29, 1.82) is 0 Å². The summed E-state index contributed by atoms with van der Waals surface area (Å²) < 4.78 is 39.4. The van der Waals surface area contributed by atoms with Crippen LogP contribution in [-0.4, -0.2) is 9.55 Å². The summed E-state index contributed by atoms with van der Waals surface area (Å²) in [6.45, 7) is 2.48. The lowest BCUT2D eigenvalue weighted by Gasteiger charge is -2.15. The third kappa shape index (κ3) is 3.19. The minimum Gasteiger partial charge on any atom is -0.333 e. The molecule has 3 nitrogen and oxygen atoms in total. The monoisotopic (exact) mass is 283 g/mol. The third-order valence-electron chi connectivity index (χ3n) is 3.18. The number of aromatic nitrogens is 2. The Bertz CT molecular complexity index is 558. The lowest BCUT2D eigenvalue weighted by Crippen LogP contribution is -2.19. The molecule has 1 aromatic carbocycles. The van der Waals surface area contributed by atoms with Crippen molar-refractivity contribution in [1.82, 2.24) is 9.55 Å². The van der Waals surface area contributed by atoms with Crippen LogP contribution in [0.5, 0.6) is 0 Å². The summed E-state index contributed by atoms with van der Waals surface area (Å²) in [6.07, 6.45) is -0.0177. The van der Waals surface area contributed by atoms with Crippen molar-refractivity contribution in [3.63, 3.8) is 0 Å². The van der Waals surface area contributed by atoms with Crippen molar-refractivity contribution >= 4 is 0 Å². The normalized spacial score (nSPS) is 13.4. The van der Waals surface area contributed by atoms with Crippen LogP contribution < -0.4 is 5.73 Å². The molecule has 20 heavy (non-hydrogen) atoms. The van der Waals surface area contributed by atoms with Crippen LogP contribution >= 0.6 is 0 Å². The number of hydrogen-bond acceptors (Lipinski definition) is 2. The SMILES string of the molecule is CCc1nccn1CC(N)c1ccc(C(F)(F)F)cc1. The van der Waals surface area contributed by atoms with Crippen LogP contribution in [0.1, 0.15) is 29.9 Å². The number of imidazole rings is 1. The molecule has 0 radical (unpaired) electrons. The molecule has 0 aliphatic carbocycles. The Morgan fingerprint density at radius 3 is 2.45 bits per heavy atom. The molecule has 0 bridgehead atoms. The minimum atomic E-state index is -4.32. The first-order valence-electron chi connectivity index (χ1n) is 6.34. The maximum Gasteiger partial charge on any atom is 0.416 e. The standard InChI is InChI=1S/C14H16F3N3/c1-2-13-19-7-8-20(13)9-12(18)10-3-5-11(6-4-10)14(15,16)17/h3-8,12H,2,9,18H2,1H3. The van der Waals surface area contributed by atoms with Crippen LogP contribution in [0.15, 0.2) is 36.7 Å². The van der Waals surface area contributed by atoms with Gasteiger partial charge in [-0.05, 0) is 17.7 Å². The van der Waals surface area contributed by atoms with Gasteiger partial charge in [0.05, 0.1) is 5.56 Å². The Hall–Kier alpha value is -1.82. The van der Waals surface area contributed by atoms with Crippen molar-refractivity contribution in [2.45, 2.75) is 32.1 Å². The van der Waals surface area contributed by atoms with E-state index in [2.05, 4.69) is 4.98 Å². The molecule has 6 heteroatoms. The molecule has 0 amide bonds. The van der Waals surface area contributed by atoms with Crippen molar-refractivity contribution < 1.29 is 13.2 Å². The molecule has 2 rings (SSSR count). The number of nitrogens with zero attached hydrogens (tertiary/aromatic N) is 2. The summed E-state index contributed by atoms with van der Waals surface area (Å²) >= 11 is 0. The van der Waals surface area contributed by atoms with E-state index < -0.39 is 11.7 Å². The van der Waals surface area contributed by atoms with E-state index in [-0.39, 0.29) is 6.04 Å². The van der Waals surface area contributed by atoms with Crippen LogP contribution in [0.4, 0.5) is 13.2 Å². The van der Waals surface area contributed by atoms with Crippen LogP contribution in [0.2, 0.25) is 0 Å². The Morgan fingerprint density at radius 2 is 1.90 bits per heavy atom. The molecule has 2 N–H and O–H groups in total. The fourth-order valence-electron chi connectivity index (χ4n) is 2.06. The number of benzene rings is 1. The summed E-state index contributed by atoms with van der Waals surface area (Å²) in [7, 11) is 0. The molecule has 0 fully saturated rings. The highest BCUT2D eigenvalue weighted by atomic mass is 19.4. The number of hydrogen-bond donors (Lipinski definition) is 1. The van der Waals surface area contributed by atoms with Gasteiger partial charge in [-0.25, -0.2) is 4.98 Å². The Kier molecular flexibility index (Phi) is 4.13. The lowest BCUT2D eigenvalue weighted by atomic mass is 10.1. The first-order valence-corrected chi connectivity index (χ1v) is 6.34. The zero-order valence-electron chi connectivity index (χ0n) is 11.1. The van der Waals surface area contributed by atoms with E-state index in [1.54, 1.807) is 6.20 Å². The highest BCUT2D eigenvalue weighted by molar-refractivity contribution is 5.26. The maximum atomic E-state index is 12.5. The van der Waals surface area contributed by atoms with Crippen molar-refractivity contribution in [2.24, 2.45) is 5.73 Å². The molecular weight excluding hydrogens is 267 g/mol. The van der Waals surface area contributed by atoms with Gasteiger partial charge in [0.1, 0.15) is 5.82 Å². The fourth-order valence-corrected chi connectivity index (χ4v) is 2.06. The van der Waals surface area contributed by atoms with Crippen LogP contribution in [0, 0.1) is 0 Å². The number of rotatable bonds is 4. The summed E-state index contributed by atoms with van der Waals surface area (Å²) in [4.78, 5) is 4.19. The average molecular weight is 283 g/mol. The first-order chi connectivity index (χ1) is 9.41. The molecule has 2 aromatic rings. The van der Waals surface area contributed by atoms with Gasteiger partial charge in [0.15, 0.2) is 0 Å². The molecule has 108 valence electrons. The largest absolute Gasteiger partial charge is 0.416 e. The van der Waals surface area contributed by atoms with E-state index in [4.69, 9.17) is 5.73 Å². The molecule has 1 atom stereocenters. The van der Waals surface area contributed by atoms with E-state index in [1.807, 2.05) is 17.7 Å². The Morgan fingerprint density at radius 1 is 1.25 bits per heavy atom. The van der Waals surface area contributed by atoms with Gasteiger partial charge in [0.2, 0.25) is 0 Å². The first kappa shape index (κ1) is 14.6. The fraction of sp³-hybridized carbons (Fsp3) is 0.357. The van der Waals surface area contributed by atoms with Gasteiger partial charge in [-0.2, -0.15) is 13.2 Å². The molecule has 0 saturated carbocycles. The molecule has 0 aliphatic heterocycles. The van der Waals surface area contributed by atoms with Crippen LogP contribution in [0.3, 0.4) is 0 Å². The van der Waals surface area contributed by atoms with Gasteiger partial charge < -0.3 is 10.3 Å². The second kappa shape index (κ2) is 5.66. The van der Waals surface area contributed by atoms with Crippen molar-refractivity contribution in [3.8, 4) is 0 Å². The second-order valence-electron chi connectivity index (χ2n) is 4.58. The number of alkyl halides is 3. The predicted octanol–water partition coefficient (Wildman–Crippen LogP) is 3.16. The van der Waals surface area contributed by atoms with Gasteiger partial charge in [-0.3, -0.25) is 0 Å². The van der Waals surface area contributed by atoms with Gasteiger partial charge in [-0.1, -0.05) is 19.1 Å². The highest BCUT2D eigenvalue weighted by Crippen LogP contribution is 2.29. The van der Waals surface area contributed by atoms with E-state index >= 15 is 0 Å². The molecule has 1 heterocycles. The van der Waals surface area contributed by atoms with Gasteiger partial charge in [0.25, 0.3) is 0 Å². The second-order valence-corrected chi connectivity index (χ2v) is 4.58. The van der Waals surface area contributed by atoms with E-state index in [0.717, 1.165) is 24.4 Å². The van der Waals surface area contributed by atoms with Gasteiger partial charge in [-0.15, -0.1) is 0 Å². The van der Waals surface area contributed by atoms with Crippen LogP contribution in [0.25, 0.3) is 0 Å². The summed E-state index contributed by atoms with van der Waals surface area (Å²) in [5.74, 6) is 0.910. The number of halogens is 3. The molecule has 1 aromatic heterocycles. The number of aryl methyl sites for hydroxylation is 1. The smallest absolute Gasteiger partial charge is 0.333 e. The lowest BCUT2D eigenvalue weighted by molar-refractivity contribution is -0.137. The molecular formula is C14H16F3N3. The van der Waals surface area contributed by atoms with E-state index in [0.29, 0.717) is 12.1 Å². The van der Waals surface area contributed by atoms with E-state index in [9.17, 15) is 13.2 Å². The summed E-state index contributed by atoms with van der Waals surface area (Å²) in [5, 5.41) is 0. The summed E-state index contributed by atoms with van der Waals surface area (Å²) in [5.41, 5.74) is 6.05. The van der Waals surface area contributed by atoms with Crippen molar-refractivity contribution in [2.75, 3.05) is 0 Å². The zero-order chi connectivity index (χ0) is 14.8. The highest BCUT2D eigenvalue weighted by Gasteiger charge is 2.30. The number of nitrogens with two attached hydrogens (primary N) is 1. The van der Waals surface area contributed by atoms with Gasteiger partial charge >= 0.3 is 6.18 Å². The van der Waals surface area contributed by atoms with Crippen LogP contribution in [-0.2, 0) is 19.1 Å². The van der Waals surface area contributed by atoms with Gasteiger partial charge in [0, 0.05) is 31.4 Å². The molecule has 0 aliphatic rings. The molecule has 0 spiro atoms. The minimum absolute atomic E-state index is 0.364. The molecule has 1 unspecified atom stereocenters. The zero-order valence-corrected chi connectivity index (χ0v) is 11.1. The quantitative estimate of drug-likeness (QED) is 0.936. The maximum absolute atomic E-state index is 12.5. The van der Waals surface area contributed by atoms with E-state index in [1.165, 1.54) is 12.1 Å². The topological polar surface area (TPSA) is 43.8 Å². The Balaban J connectivity index is 2.12. The third-order valence-corrected chi connectivity index (χ3v) is 3.18. The average Bonchev–Trinajstić information content (AvgIpc) is 2.85. The summed E-state index contributed by atoms with van der Waals surface area (Å²) in [6, 6.07) is 4.61. The molecule has 0 saturated heterocycles.